The fourth-order valence-electron chi connectivity index (χ4n) is 3.73. The molecule has 1 saturated heterocycles. The van der Waals surface area contributed by atoms with Crippen LogP contribution in [-0.4, -0.2) is 71.9 Å². The molecule has 1 amide bonds. The van der Waals surface area contributed by atoms with Crippen molar-refractivity contribution in [2.45, 2.75) is 17.9 Å². The van der Waals surface area contributed by atoms with Gasteiger partial charge in [0.2, 0.25) is 5.91 Å². The Morgan fingerprint density at radius 3 is 2.68 bits per heavy atom. The van der Waals surface area contributed by atoms with E-state index in [0.29, 0.717) is 18.6 Å². The molecule has 1 fully saturated rings. The smallest absolute Gasteiger partial charge is 0.277 e. The van der Waals surface area contributed by atoms with Crippen LogP contribution < -0.4 is 4.72 Å². The highest BCUT2D eigenvalue weighted by Crippen LogP contribution is 2.30. The lowest BCUT2D eigenvalue weighted by Crippen LogP contribution is -2.47. The molecule has 166 valence electrons. The normalized spacial score (nSPS) is 15.5. The van der Waals surface area contributed by atoms with Crippen molar-refractivity contribution in [1.29, 1.82) is 0 Å². The number of aryl methyl sites for hydroxylation is 1. The van der Waals surface area contributed by atoms with Crippen molar-refractivity contribution in [3.63, 3.8) is 0 Å². The van der Waals surface area contributed by atoms with Gasteiger partial charge in [0.1, 0.15) is 5.52 Å². The Morgan fingerprint density at radius 1 is 1.26 bits per heavy atom. The lowest BCUT2D eigenvalue weighted by Gasteiger charge is -2.32. The van der Waals surface area contributed by atoms with Crippen LogP contribution in [-0.2, 0) is 28.3 Å². The maximum Gasteiger partial charge on any atom is 0.277 e. The standard InChI is InChI=1S/C20H25FN6O3S/c1-25-8-10-27(11-9-25)18(28)6-5-14-15(24-31(29,30)17-4-3-7-22-17)12-16-20(19(14)21)23-13-26(16)2/h3-4,7,12-13,22,24H,5-6,8-11H2,1-2H3. The number of H-pyrrole nitrogens is 1. The van der Waals surface area contributed by atoms with Crippen molar-refractivity contribution in [1.82, 2.24) is 24.3 Å². The molecule has 0 saturated carbocycles. The Morgan fingerprint density at radius 2 is 2.00 bits per heavy atom. The molecule has 2 N–H and O–H groups in total. The minimum atomic E-state index is -3.94. The number of piperazine rings is 1. The number of aromatic nitrogens is 3. The van der Waals surface area contributed by atoms with E-state index in [1.54, 1.807) is 28.6 Å². The van der Waals surface area contributed by atoms with E-state index in [1.165, 1.54) is 18.6 Å². The average Bonchev–Trinajstić information content (AvgIpc) is 3.39. The predicted octanol–water partition coefficient (Wildman–Crippen LogP) is 1.55. The van der Waals surface area contributed by atoms with E-state index in [-0.39, 0.29) is 40.5 Å². The number of sulfonamides is 1. The van der Waals surface area contributed by atoms with E-state index in [2.05, 4.69) is 19.6 Å². The van der Waals surface area contributed by atoms with Crippen molar-refractivity contribution < 1.29 is 17.6 Å². The molecule has 0 atom stereocenters. The van der Waals surface area contributed by atoms with Gasteiger partial charge in [-0.15, -0.1) is 0 Å². The van der Waals surface area contributed by atoms with Crippen LogP contribution >= 0.6 is 0 Å². The molecule has 2 aromatic heterocycles. The van der Waals surface area contributed by atoms with Crippen LogP contribution in [0.1, 0.15) is 12.0 Å². The topological polar surface area (TPSA) is 103 Å². The Labute approximate surface area is 179 Å². The largest absolute Gasteiger partial charge is 0.351 e. The number of imidazole rings is 1. The summed E-state index contributed by atoms with van der Waals surface area (Å²) in [6.07, 6.45) is 3.10. The second-order valence-electron chi connectivity index (χ2n) is 7.76. The minimum Gasteiger partial charge on any atom is -0.351 e. The summed E-state index contributed by atoms with van der Waals surface area (Å²) in [5.74, 6) is -0.694. The number of anilines is 1. The summed E-state index contributed by atoms with van der Waals surface area (Å²) >= 11 is 0. The summed E-state index contributed by atoms with van der Waals surface area (Å²) in [5, 5.41) is -0.0301. The Bertz CT molecular complexity index is 1200. The van der Waals surface area contributed by atoms with E-state index in [4.69, 9.17) is 0 Å². The Kier molecular flexibility index (Phi) is 5.71. The number of fused-ring (bicyclic) bond motifs is 1. The highest BCUT2D eigenvalue weighted by atomic mass is 32.2. The lowest BCUT2D eigenvalue weighted by atomic mass is 10.0. The van der Waals surface area contributed by atoms with E-state index >= 15 is 4.39 Å². The van der Waals surface area contributed by atoms with Gasteiger partial charge in [0.25, 0.3) is 10.0 Å². The highest BCUT2D eigenvalue weighted by Gasteiger charge is 2.24. The molecule has 11 heteroatoms. The number of nitrogens with one attached hydrogen (secondary N) is 2. The maximum absolute atomic E-state index is 15.4. The second-order valence-corrected chi connectivity index (χ2v) is 9.41. The number of hydrogen-bond acceptors (Lipinski definition) is 5. The molecule has 1 aliphatic rings. The van der Waals surface area contributed by atoms with Crippen LogP contribution in [0.3, 0.4) is 0 Å². The number of carbonyl (C=O) groups is 1. The molecule has 0 radical (unpaired) electrons. The molecular formula is C20H25FN6O3S. The Balaban J connectivity index is 1.64. The summed E-state index contributed by atoms with van der Waals surface area (Å²) in [7, 11) is -0.237. The maximum atomic E-state index is 15.4. The fourth-order valence-corrected chi connectivity index (χ4v) is 4.79. The number of rotatable bonds is 6. The van der Waals surface area contributed by atoms with Crippen LogP contribution in [0, 0.1) is 5.82 Å². The van der Waals surface area contributed by atoms with E-state index in [1.807, 2.05) is 7.05 Å². The number of halogens is 1. The second kappa shape index (κ2) is 8.31. The van der Waals surface area contributed by atoms with E-state index in [9.17, 15) is 13.2 Å². The van der Waals surface area contributed by atoms with Crippen LogP contribution in [0.4, 0.5) is 10.1 Å². The van der Waals surface area contributed by atoms with Gasteiger partial charge in [0, 0.05) is 51.4 Å². The van der Waals surface area contributed by atoms with Gasteiger partial charge < -0.3 is 19.4 Å². The number of nitrogens with zero attached hydrogens (tertiary/aromatic N) is 4. The minimum absolute atomic E-state index is 0.0301. The van der Waals surface area contributed by atoms with Crippen molar-refractivity contribution in [3.05, 3.63) is 42.1 Å². The third kappa shape index (κ3) is 4.28. The molecule has 1 aliphatic heterocycles. The molecule has 0 aliphatic carbocycles. The summed E-state index contributed by atoms with van der Waals surface area (Å²) in [6.45, 7) is 2.84. The van der Waals surface area contributed by atoms with Crippen LogP contribution in [0.15, 0.2) is 35.7 Å². The van der Waals surface area contributed by atoms with Gasteiger partial charge in [-0.05, 0) is 31.7 Å². The van der Waals surface area contributed by atoms with Gasteiger partial charge in [-0.25, -0.2) is 9.37 Å². The summed E-state index contributed by atoms with van der Waals surface area (Å²) in [4.78, 5) is 23.3. The first-order chi connectivity index (χ1) is 14.8. The SMILES string of the molecule is CN1CCN(C(=O)CCc2c(NS(=O)(=O)c3ccc[nH]3)cc3c(ncn3C)c2F)CC1. The number of likely N-dealkylation sites (N-methyl/N-ethyl adjacent to an activating group) is 1. The van der Waals surface area contributed by atoms with Gasteiger partial charge >= 0.3 is 0 Å². The van der Waals surface area contributed by atoms with E-state index in [0.717, 1.165) is 13.1 Å². The molecule has 3 heterocycles. The lowest BCUT2D eigenvalue weighted by molar-refractivity contribution is -0.132. The third-order valence-corrected chi connectivity index (χ3v) is 6.93. The van der Waals surface area contributed by atoms with Crippen molar-refractivity contribution in [2.75, 3.05) is 37.9 Å². The van der Waals surface area contributed by atoms with Gasteiger partial charge in [0.15, 0.2) is 10.8 Å². The first-order valence-electron chi connectivity index (χ1n) is 10.0. The number of aromatic amines is 1. The van der Waals surface area contributed by atoms with Crippen LogP contribution in [0.25, 0.3) is 11.0 Å². The molecule has 3 aromatic rings. The monoisotopic (exact) mass is 448 g/mol. The average molecular weight is 449 g/mol. The molecule has 1 aromatic carbocycles. The number of hydrogen-bond donors (Lipinski definition) is 2. The molecule has 0 unspecified atom stereocenters. The quantitative estimate of drug-likeness (QED) is 0.596. The summed E-state index contributed by atoms with van der Waals surface area (Å²) in [6, 6.07) is 4.54. The summed E-state index contributed by atoms with van der Waals surface area (Å²) < 4.78 is 44.9. The first kappa shape index (κ1) is 21.3. The number of carbonyl (C=O) groups excluding carboxylic acids is 1. The van der Waals surface area contributed by atoms with Crippen LogP contribution in [0.2, 0.25) is 0 Å². The van der Waals surface area contributed by atoms with Gasteiger partial charge in [0.05, 0.1) is 17.5 Å². The summed E-state index contributed by atoms with van der Waals surface area (Å²) in [5.41, 5.74) is 0.835. The zero-order valence-electron chi connectivity index (χ0n) is 17.4. The molecule has 0 spiro atoms. The van der Waals surface area contributed by atoms with Gasteiger partial charge in [-0.1, -0.05) is 0 Å². The molecule has 31 heavy (non-hydrogen) atoms. The zero-order chi connectivity index (χ0) is 22.2. The number of amides is 1. The predicted molar refractivity (Wildman–Crippen MR) is 115 cm³/mol. The van der Waals surface area contributed by atoms with Crippen LogP contribution in [0.5, 0.6) is 0 Å². The number of benzene rings is 1. The van der Waals surface area contributed by atoms with Gasteiger partial charge in [-0.3, -0.25) is 9.52 Å². The molecular weight excluding hydrogens is 423 g/mol. The van der Waals surface area contributed by atoms with Crippen molar-refractivity contribution >= 4 is 32.7 Å². The molecule has 4 rings (SSSR count). The molecule has 9 nitrogen and oxygen atoms in total. The van der Waals surface area contributed by atoms with E-state index < -0.39 is 15.8 Å². The zero-order valence-corrected chi connectivity index (χ0v) is 18.2. The first-order valence-corrected chi connectivity index (χ1v) is 11.5. The van der Waals surface area contributed by atoms with Crippen molar-refractivity contribution in [3.8, 4) is 0 Å². The highest BCUT2D eigenvalue weighted by molar-refractivity contribution is 7.92. The van der Waals surface area contributed by atoms with Crippen molar-refractivity contribution in [2.24, 2.45) is 7.05 Å². The fraction of sp³-hybridized carbons (Fsp3) is 0.400. The van der Waals surface area contributed by atoms with Gasteiger partial charge in [-0.2, -0.15) is 8.42 Å². The Hall–Kier alpha value is -2.92. The molecule has 0 bridgehead atoms. The third-order valence-electron chi connectivity index (χ3n) is 5.61.